The summed E-state index contributed by atoms with van der Waals surface area (Å²) in [6, 6.07) is 9.07. The van der Waals surface area contributed by atoms with E-state index in [2.05, 4.69) is 19.9 Å². The first kappa shape index (κ1) is 32.6. The summed E-state index contributed by atoms with van der Waals surface area (Å²) >= 11 is 0. The van der Waals surface area contributed by atoms with E-state index in [9.17, 15) is 13.0 Å². The van der Waals surface area contributed by atoms with Crippen molar-refractivity contribution in [2.24, 2.45) is 0 Å². The number of benzene rings is 2. The summed E-state index contributed by atoms with van der Waals surface area (Å²) in [5.41, 5.74) is 2.76. The quantitative estimate of drug-likeness (QED) is 0.130. The van der Waals surface area contributed by atoms with Gasteiger partial charge in [0.2, 0.25) is 0 Å². The molecule has 192 valence electrons. The Morgan fingerprint density at radius 2 is 1.11 bits per heavy atom. The molecule has 2 aromatic carbocycles. The molecule has 5 heteroatoms. The molecular weight excluding hydrogens is 463 g/mol. The molecule has 0 aliphatic carbocycles. The van der Waals surface area contributed by atoms with Gasteiger partial charge in [0.15, 0.2) is 0 Å². The zero-order valence-corrected chi connectivity index (χ0v) is 25.6. The van der Waals surface area contributed by atoms with Crippen molar-refractivity contribution in [2.45, 2.75) is 134 Å². The second-order valence-corrected chi connectivity index (χ2v) is 11.4. The van der Waals surface area contributed by atoms with Crippen LogP contribution < -0.4 is 29.6 Å². The Morgan fingerprint density at radius 3 is 1.63 bits per heavy atom. The van der Waals surface area contributed by atoms with Gasteiger partial charge in [-0.05, 0) is 59.7 Å². The first-order valence-electron chi connectivity index (χ1n) is 14.0. The minimum absolute atomic E-state index is 0. The predicted octanol–water partition coefficient (Wildman–Crippen LogP) is 6.11. The summed E-state index contributed by atoms with van der Waals surface area (Å²) in [5, 5.41) is 1.98. The van der Waals surface area contributed by atoms with Gasteiger partial charge in [-0.25, -0.2) is 8.42 Å². The molecule has 0 unspecified atom stereocenters. The van der Waals surface area contributed by atoms with Crippen LogP contribution in [0.15, 0.2) is 35.2 Å². The Balaban J connectivity index is 0.00000612. The standard InChI is InChI=1S/C30H48O3S.Na/c1-3-5-7-9-11-13-15-17-19-26-21-22-27-25-28(34(31,32)33)23-24-30(27)29(26)20-18-16-14-12-10-8-6-4-2;/h21-25H,3-20H2,1-2H3,(H,31,32,33);/q;+1/p-1. The van der Waals surface area contributed by atoms with Crippen molar-refractivity contribution in [2.75, 3.05) is 0 Å². The largest absolute Gasteiger partial charge is 1.00 e. The predicted molar refractivity (Wildman–Crippen MR) is 145 cm³/mol. The Hall–Kier alpha value is -0.390. The molecule has 3 nitrogen and oxygen atoms in total. The maximum Gasteiger partial charge on any atom is 1.00 e. The van der Waals surface area contributed by atoms with Crippen LogP contribution in [0.2, 0.25) is 0 Å². The average Bonchev–Trinajstić information content (AvgIpc) is 2.82. The summed E-state index contributed by atoms with van der Waals surface area (Å²) in [7, 11) is -4.43. The fourth-order valence-corrected chi connectivity index (χ4v) is 5.49. The van der Waals surface area contributed by atoms with Crippen LogP contribution >= 0.6 is 0 Å². The third-order valence-electron chi connectivity index (χ3n) is 7.07. The molecule has 0 N–H and O–H groups in total. The number of hydrogen-bond acceptors (Lipinski definition) is 3. The van der Waals surface area contributed by atoms with Crippen molar-refractivity contribution in [3.8, 4) is 0 Å². The molecule has 0 bridgehead atoms. The number of fused-ring (bicyclic) bond motifs is 1. The summed E-state index contributed by atoms with van der Waals surface area (Å²) in [5.74, 6) is 0. The van der Waals surface area contributed by atoms with Gasteiger partial charge in [-0.2, -0.15) is 0 Å². The van der Waals surface area contributed by atoms with Gasteiger partial charge in [-0.15, -0.1) is 0 Å². The van der Waals surface area contributed by atoms with E-state index in [0.29, 0.717) is 0 Å². The maximum absolute atomic E-state index is 11.5. The normalized spacial score (nSPS) is 11.6. The molecular formula is C30H47NaO3S. The van der Waals surface area contributed by atoms with Crippen molar-refractivity contribution in [1.29, 1.82) is 0 Å². The molecule has 0 amide bonds. The van der Waals surface area contributed by atoms with E-state index >= 15 is 0 Å². The molecule has 35 heavy (non-hydrogen) atoms. The van der Waals surface area contributed by atoms with Crippen molar-refractivity contribution in [1.82, 2.24) is 0 Å². The molecule has 0 aliphatic rings. The second kappa shape index (κ2) is 18.8. The van der Waals surface area contributed by atoms with Crippen molar-refractivity contribution >= 4 is 20.9 Å². The molecule has 0 radical (unpaired) electrons. The molecule has 0 heterocycles. The molecule has 2 aromatic rings. The van der Waals surface area contributed by atoms with Gasteiger partial charge in [-0.1, -0.05) is 122 Å². The Morgan fingerprint density at radius 1 is 0.629 bits per heavy atom. The number of rotatable bonds is 19. The van der Waals surface area contributed by atoms with E-state index in [1.807, 2.05) is 12.1 Å². The van der Waals surface area contributed by atoms with Crippen LogP contribution in [0.25, 0.3) is 10.8 Å². The van der Waals surface area contributed by atoms with Crippen LogP contribution in [0, 0.1) is 0 Å². The molecule has 0 fully saturated rings. The fraction of sp³-hybridized carbons (Fsp3) is 0.667. The SMILES string of the molecule is CCCCCCCCCCc1ccc2cc(S(=O)(=O)[O-])ccc2c1CCCCCCCCCC.[Na+]. The smallest absolute Gasteiger partial charge is 0.744 e. The Bertz CT molecular complexity index is 940. The van der Waals surface area contributed by atoms with Crippen LogP contribution in [0.1, 0.15) is 128 Å². The topological polar surface area (TPSA) is 57.2 Å². The fourth-order valence-electron chi connectivity index (χ4n) is 4.99. The number of hydrogen-bond donors (Lipinski definition) is 0. The summed E-state index contributed by atoms with van der Waals surface area (Å²) in [6.07, 6.45) is 23.0. The molecule has 0 saturated carbocycles. The summed E-state index contributed by atoms with van der Waals surface area (Å²) < 4.78 is 34.5. The zero-order valence-electron chi connectivity index (χ0n) is 22.7. The second-order valence-electron chi connectivity index (χ2n) is 9.99. The third-order valence-corrected chi connectivity index (χ3v) is 7.90. The van der Waals surface area contributed by atoms with Crippen LogP contribution in [-0.2, 0) is 23.0 Å². The van der Waals surface area contributed by atoms with E-state index in [1.54, 1.807) is 6.07 Å². The first-order chi connectivity index (χ1) is 16.5. The summed E-state index contributed by atoms with van der Waals surface area (Å²) in [4.78, 5) is -0.131. The Labute approximate surface area is 237 Å². The first-order valence-corrected chi connectivity index (χ1v) is 15.4. The van der Waals surface area contributed by atoms with Crippen LogP contribution in [0.3, 0.4) is 0 Å². The van der Waals surface area contributed by atoms with Gasteiger partial charge < -0.3 is 4.55 Å². The summed E-state index contributed by atoms with van der Waals surface area (Å²) in [6.45, 7) is 4.51. The molecule has 0 saturated heterocycles. The van der Waals surface area contributed by atoms with E-state index in [-0.39, 0.29) is 34.5 Å². The van der Waals surface area contributed by atoms with E-state index in [1.165, 1.54) is 120 Å². The molecule has 0 atom stereocenters. The van der Waals surface area contributed by atoms with Crippen LogP contribution in [0.5, 0.6) is 0 Å². The van der Waals surface area contributed by atoms with Crippen molar-refractivity contribution in [3.63, 3.8) is 0 Å². The van der Waals surface area contributed by atoms with Crippen molar-refractivity contribution in [3.05, 3.63) is 41.5 Å². The third kappa shape index (κ3) is 12.6. The van der Waals surface area contributed by atoms with Crippen molar-refractivity contribution < 1.29 is 42.5 Å². The minimum Gasteiger partial charge on any atom is -0.744 e. The molecule has 2 rings (SSSR count). The van der Waals surface area contributed by atoms with Gasteiger partial charge in [-0.3, -0.25) is 0 Å². The monoisotopic (exact) mass is 510 g/mol. The number of aryl methyl sites for hydroxylation is 2. The average molecular weight is 511 g/mol. The van der Waals surface area contributed by atoms with Gasteiger partial charge in [0.1, 0.15) is 10.1 Å². The van der Waals surface area contributed by atoms with Gasteiger partial charge in [0.25, 0.3) is 0 Å². The van der Waals surface area contributed by atoms with E-state index in [0.717, 1.165) is 23.6 Å². The zero-order chi connectivity index (χ0) is 24.7. The molecule has 0 aromatic heterocycles. The maximum atomic E-state index is 11.5. The number of unbranched alkanes of at least 4 members (excludes halogenated alkanes) is 14. The van der Waals surface area contributed by atoms with Gasteiger partial charge >= 0.3 is 29.6 Å². The molecule has 0 spiro atoms. The molecule has 0 aliphatic heterocycles. The van der Waals surface area contributed by atoms with Crippen LogP contribution in [-0.4, -0.2) is 13.0 Å². The Kier molecular flexibility index (Phi) is 17.5. The van der Waals surface area contributed by atoms with Gasteiger partial charge in [0, 0.05) is 0 Å². The van der Waals surface area contributed by atoms with Gasteiger partial charge in [0.05, 0.1) is 4.90 Å². The van der Waals surface area contributed by atoms with Crippen LogP contribution in [0.4, 0.5) is 0 Å². The van der Waals surface area contributed by atoms with E-state index in [4.69, 9.17) is 0 Å². The minimum atomic E-state index is -4.43. The van der Waals surface area contributed by atoms with E-state index < -0.39 is 10.1 Å².